The Morgan fingerprint density at radius 3 is 2.43 bits per heavy atom. The molecule has 5 nitrogen and oxygen atoms in total. The lowest BCUT2D eigenvalue weighted by Crippen LogP contribution is -2.37. The Labute approximate surface area is 124 Å². The summed E-state index contributed by atoms with van der Waals surface area (Å²) in [7, 11) is 0. The van der Waals surface area contributed by atoms with Gasteiger partial charge >= 0.3 is 6.03 Å². The fourth-order valence-corrected chi connectivity index (χ4v) is 1.80. The molecule has 2 aromatic rings. The summed E-state index contributed by atoms with van der Waals surface area (Å²) in [5, 5.41) is 8.83. The first-order valence-electron chi connectivity index (χ1n) is 6.95. The molecule has 0 aliphatic heterocycles. The van der Waals surface area contributed by atoms with E-state index in [4.69, 9.17) is 0 Å². The van der Waals surface area contributed by atoms with Crippen LogP contribution in [0.4, 0.5) is 10.5 Å². The van der Waals surface area contributed by atoms with E-state index in [2.05, 4.69) is 20.9 Å². The van der Waals surface area contributed by atoms with Crippen LogP contribution < -0.4 is 16.0 Å². The summed E-state index contributed by atoms with van der Waals surface area (Å²) in [5.74, 6) is 0. The van der Waals surface area contributed by atoms with Crippen LogP contribution >= 0.6 is 0 Å². The summed E-state index contributed by atoms with van der Waals surface area (Å²) in [5.41, 5.74) is 3.29. The van der Waals surface area contributed by atoms with Gasteiger partial charge in [-0.3, -0.25) is 4.98 Å². The van der Waals surface area contributed by atoms with E-state index >= 15 is 0 Å². The fraction of sp³-hybridized carbons (Fsp3) is 0.250. The van der Waals surface area contributed by atoms with Gasteiger partial charge in [0.1, 0.15) is 0 Å². The van der Waals surface area contributed by atoms with Crippen LogP contribution in [0.25, 0.3) is 0 Å². The van der Waals surface area contributed by atoms with Gasteiger partial charge in [0.25, 0.3) is 0 Å². The van der Waals surface area contributed by atoms with E-state index < -0.39 is 0 Å². The van der Waals surface area contributed by atoms with E-state index in [-0.39, 0.29) is 6.03 Å². The van der Waals surface area contributed by atoms with Gasteiger partial charge in [0.2, 0.25) is 0 Å². The molecule has 0 fully saturated rings. The lowest BCUT2D eigenvalue weighted by molar-refractivity contribution is 0.241. The summed E-state index contributed by atoms with van der Waals surface area (Å²) in [6, 6.07) is 11.7. The Kier molecular flexibility index (Phi) is 5.58. The zero-order valence-electron chi connectivity index (χ0n) is 12.1. The average Bonchev–Trinajstić information content (AvgIpc) is 2.52. The van der Waals surface area contributed by atoms with Gasteiger partial charge in [0.05, 0.1) is 0 Å². The average molecular weight is 284 g/mol. The number of aryl methyl sites for hydroxylation is 1. The number of urea groups is 1. The molecule has 0 spiro atoms. The summed E-state index contributed by atoms with van der Waals surface area (Å²) in [6.07, 6.45) is 3.45. The van der Waals surface area contributed by atoms with Gasteiger partial charge in [-0.25, -0.2) is 4.79 Å². The molecule has 0 saturated carbocycles. The number of nitrogens with one attached hydrogen (secondary N) is 3. The third kappa shape index (κ3) is 5.52. The third-order valence-electron chi connectivity index (χ3n) is 2.99. The molecule has 0 bridgehead atoms. The largest absolute Gasteiger partial charge is 0.383 e. The first kappa shape index (κ1) is 14.8. The van der Waals surface area contributed by atoms with Crippen LogP contribution in [0.15, 0.2) is 48.8 Å². The summed E-state index contributed by atoms with van der Waals surface area (Å²) in [4.78, 5) is 15.6. The molecule has 5 heteroatoms. The molecular formula is C16H20N4O. The quantitative estimate of drug-likeness (QED) is 0.713. The predicted octanol–water partition coefficient (Wildman–Crippen LogP) is 2.30. The van der Waals surface area contributed by atoms with Crippen LogP contribution in [0.3, 0.4) is 0 Å². The number of hydrogen-bond acceptors (Lipinski definition) is 3. The van der Waals surface area contributed by atoms with Crippen molar-refractivity contribution in [3.05, 3.63) is 59.9 Å². The van der Waals surface area contributed by atoms with E-state index in [1.807, 2.05) is 43.3 Å². The van der Waals surface area contributed by atoms with Crippen molar-refractivity contribution in [1.29, 1.82) is 0 Å². The zero-order valence-corrected chi connectivity index (χ0v) is 12.1. The van der Waals surface area contributed by atoms with E-state index in [1.54, 1.807) is 12.4 Å². The van der Waals surface area contributed by atoms with Crippen molar-refractivity contribution in [3.63, 3.8) is 0 Å². The third-order valence-corrected chi connectivity index (χ3v) is 2.99. The molecule has 1 aromatic heterocycles. The highest BCUT2D eigenvalue weighted by molar-refractivity contribution is 5.73. The van der Waals surface area contributed by atoms with Gasteiger partial charge < -0.3 is 16.0 Å². The molecule has 3 N–H and O–H groups in total. The van der Waals surface area contributed by atoms with Gasteiger partial charge in [-0.1, -0.05) is 29.8 Å². The number of carbonyl (C=O) groups is 1. The highest BCUT2D eigenvalue weighted by atomic mass is 16.2. The van der Waals surface area contributed by atoms with Crippen molar-refractivity contribution in [2.75, 3.05) is 18.4 Å². The molecule has 0 saturated heterocycles. The Hall–Kier alpha value is -2.56. The van der Waals surface area contributed by atoms with Gasteiger partial charge in [-0.15, -0.1) is 0 Å². The summed E-state index contributed by atoms with van der Waals surface area (Å²) in [6.45, 7) is 3.80. The van der Waals surface area contributed by atoms with Crippen LogP contribution in [0, 0.1) is 6.92 Å². The molecule has 1 heterocycles. The number of nitrogens with zero attached hydrogens (tertiary/aromatic N) is 1. The molecule has 2 rings (SSSR count). The minimum absolute atomic E-state index is 0.160. The number of rotatable bonds is 6. The van der Waals surface area contributed by atoms with Crippen molar-refractivity contribution >= 4 is 11.7 Å². The lowest BCUT2D eigenvalue weighted by atomic mass is 10.1. The number of hydrogen-bond donors (Lipinski definition) is 3. The van der Waals surface area contributed by atoms with Crippen LogP contribution in [0.1, 0.15) is 11.1 Å². The van der Waals surface area contributed by atoms with E-state index in [0.717, 1.165) is 11.3 Å². The molecule has 0 aliphatic carbocycles. The van der Waals surface area contributed by atoms with Gasteiger partial charge in [0.15, 0.2) is 0 Å². The van der Waals surface area contributed by atoms with Crippen LogP contribution in [0.2, 0.25) is 0 Å². The molecule has 21 heavy (non-hydrogen) atoms. The number of pyridine rings is 1. The second-order valence-corrected chi connectivity index (χ2v) is 4.76. The molecule has 1 aromatic carbocycles. The Bertz CT molecular complexity index is 554. The highest BCUT2D eigenvalue weighted by Gasteiger charge is 1.99. The number of amides is 2. The normalized spacial score (nSPS) is 9.95. The molecule has 0 atom stereocenters. The molecule has 110 valence electrons. The van der Waals surface area contributed by atoms with E-state index in [1.165, 1.54) is 5.56 Å². The maximum Gasteiger partial charge on any atom is 0.315 e. The van der Waals surface area contributed by atoms with Crippen LogP contribution in [-0.4, -0.2) is 24.1 Å². The highest BCUT2D eigenvalue weighted by Crippen LogP contribution is 2.02. The van der Waals surface area contributed by atoms with Crippen LogP contribution in [-0.2, 0) is 6.54 Å². The minimum Gasteiger partial charge on any atom is -0.383 e. The maximum atomic E-state index is 11.6. The number of aromatic nitrogens is 1. The number of carbonyl (C=O) groups excluding carboxylic acids is 1. The lowest BCUT2D eigenvalue weighted by Gasteiger charge is -2.09. The molecule has 0 radical (unpaired) electrons. The van der Waals surface area contributed by atoms with Crippen molar-refractivity contribution in [3.8, 4) is 0 Å². The van der Waals surface area contributed by atoms with Crippen molar-refractivity contribution in [2.45, 2.75) is 13.5 Å². The van der Waals surface area contributed by atoms with Crippen molar-refractivity contribution < 1.29 is 4.79 Å². The van der Waals surface area contributed by atoms with Crippen LogP contribution in [0.5, 0.6) is 0 Å². The molecule has 2 amide bonds. The first-order valence-corrected chi connectivity index (χ1v) is 6.95. The maximum absolute atomic E-state index is 11.6. The second-order valence-electron chi connectivity index (χ2n) is 4.76. The Morgan fingerprint density at radius 1 is 1.00 bits per heavy atom. The van der Waals surface area contributed by atoms with E-state index in [0.29, 0.717) is 19.6 Å². The zero-order chi connectivity index (χ0) is 14.9. The number of benzene rings is 1. The summed E-state index contributed by atoms with van der Waals surface area (Å²) < 4.78 is 0. The summed E-state index contributed by atoms with van der Waals surface area (Å²) >= 11 is 0. The van der Waals surface area contributed by atoms with Crippen molar-refractivity contribution in [2.24, 2.45) is 0 Å². The minimum atomic E-state index is -0.160. The van der Waals surface area contributed by atoms with Gasteiger partial charge in [-0.05, 0) is 24.6 Å². The topological polar surface area (TPSA) is 66.1 Å². The molecule has 0 aliphatic rings. The monoisotopic (exact) mass is 284 g/mol. The predicted molar refractivity (Wildman–Crippen MR) is 84.1 cm³/mol. The fourth-order valence-electron chi connectivity index (χ4n) is 1.80. The second kappa shape index (κ2) is 7.89. The van der Waals surface area contributed by atoms with E-state index in [9.17, 15) is 4.79 Å². The van der Waals surface area contributed by atoms with Gasteiger partial charge in [0, 0.05) is 37.7 Å². The van der Waals surface area contributed by atoms with Gasteiger partial charge in [-0.2, -0.15) is 0 Å². The molecular weight excluding hydrogens is 264 g/mol. The van der Waals surface area contributed by atoms with Crippen molar-refractivity contribution in [1.82, 2.24) is 15.6 Å². The number of anilines is 1. The SMILES string of the molecule is Cc1ccc(CNC(=O)NCCNc2ccncc2)cc1. The first-order chi connectivity index (χ1) is 10.2. The Balaban J connectivity index is 1.60. The standard InChI is InChI=1S/C16H20N4O/c1-13-2-4-14(5-3-13)12-20-16(21)19-11-10-18-15-6-8-17-9-7-15/h2-9H,10-12H2,1H3,(H,17,18)(H2,19,20,21). The molecule has 0 unspecified atom stereocenters. The smallest absolute Gasteiger partial charge is 0.315 e. The Morgan fingerprint density at radius 2 is 1.71 bits per heavy atom.